The number of hydrogen-bond acceptors (Lipinski definition) is 9. The van der Waals surface area contributed by atoms with Gasteiger partial charge in [0.2, 0.25) is 0 Å². The Labute approximate surface area is 199 Å². The Bertz CT molecular complexity index is 1160. The molecule has 4 rings (SSSR count). The van der Waals surface area contributed by atoms with Crippen molar-refractivity contribution in [3.63, 3.8) is 0 Å². The third kappa shape index (κ3) is 5.14. The number of nitrogens with two attached hydrogens (primary N) is 1. The first-order valence-corrected chi connectivity index (χ1v) is 11.4. The van der Waals surface area contributed by atoms with Gasteiger partial charge in [-0.3, -0.25) is 4.90 Å². The van der Waals surface area contributed by atoms with Crippen LogP contribution in [0.15, 0.2) is 42.7 Å². The van der Waals surface area contributed by atoms with Crippen LogP contribution in [0.25, 0.3) is 10.9 Å². The smallest absolute Gasteiger partial charge is 0.163 e. The number of rotatable bonds is 8. The van der Waals surface area contributed by atoms with E-state index in [9.17, 15) is 5.11 Å². The number of ether oxygens (including phenoxy) is 2. The zero-order valence-electron chi connectivity index (χ0n) is 19.5. The lowest BCUT2D eigenvalue weighted by Gasteiger charge is -2.43. The second-order valence-corrected chi connectivity index (χ2v) is 8.43. The van der Waals surface area contributed by atoms with Crippen LogP contribution in [0.3, 0.4) is 0 Å². The molecule has 1 aliphatic heterocycles. The summed E-state index contributed by atoms with van der Waals surface area (Å²) < 4.78 is 11.5. The summed E-state index contributed by atoms with van der Waals surface area (Å²) in [7, 11) is 1.59. The molecule has 1 aliphatic rings. The lowest BCUT2D eigenvalue weighted by Crippen LogP contribution is -2.57. The second kappa shape index (κ2) is 10.5. The van der Waals surface area contributed by atoms with Gasteiger partial charge < -0.3 is 25.2 Å². The average molecular weight is 463 g/mol. The van der Waals surface area contributed by atoms with Gasteiger partial charge in [-0.25, -0.2) is 9.97 Å². The third-order valence-corrected chi connectivity index (χ3v) is 6.25. The summed E-state index contributed by atoms with van der Waals surface area (Å²) in [6.45, 7) is 5.57. The standard InChI is InChI=1S/C25H30N6O3/c1-17(32)22-15-31(19-6-4-18(14-26)5-7-19)10-9-30(22)8-3-11-34-24-13-21-20(12-23(24)33-2)25(27)29-16-28-21/h4-7,12-13,16-17,22,32H,3,8-11,15H2,1-2H3,(H2,27,28,29). The highest BCUT2D eigenvalue weighted by molar-refractivity contribution is 5.90. The highest BCUT2D eigenvalue weighted by Crippen LogP contribution is 2.33. The number of piperazine rings is 1. The Morgan fingerprint density at radius 2 is 2.00 bits per heavy atom. The van der Waals surface area contributed by atoms with Crippen LogP contribution < -0.4 is 20.1 Å². The van der Waals surface area contributed by atoms with Gasteiger partial charge in [-0.05, 0) is 43.7 Å². The molecule has 0 saturated carbocycles. The number of nitrogen functional groups attached to an aromatic ring is 1. The average Bonchev–Trinajstić information content (AvgIpc) is 2.86. The van der Waals surface area contributed by atoms with Crippen molar-refractivity contribution in [1.29, 1.82) is 5.26 Å². The molecule has 2 unspecified atom stereocenters. The Balaban J connectivity index is 1.35. The van der Waals surface area contributed by atoms with E-state index in [0.717, 1.165) is 43.7 Å². The fourth-order valence-electron chi connectivity index (χ4n) is 4.37. The number of nitriles is 1. The molecule has 9 nitrogen and oxygen atoms in total. The highest BCUT2D eigenvalue weighted by Gasteiger charge is 2.30. The number of hydrogen-bond donors (Lipinski definition) is 2. The SMILES string of the molecule is COc1cc2c(N)ncnc2cc1OCCCN1CCN(c2ccc(C#N)cc2)CC1C(C)O. The van der Waals surface area contributed by atoms with E-state index in [2.05, 4.69) is 25.8 Å². The predicted molar refractivity (Wildman–Crippen MR) is 131 cm³/mol. The van der Waals surface area contributed by atoms with Crippen LogP contribution in [0.4, 0.5) is 11.5 Å². The summed E-state index contributed by atoms with van der Waals surface area (Å²) in [4.78, 5) is 12.9. The van der Waals surface area contributed by atoms with Crippen LogP contribution in [-0.2, 0) is 0 Å². The van der Waals surface area contributed by atoms with Crippen molar-refractivity contribution in [3.8, 4) is 17.6 Å². The van der Waals surface area contributed by atoms with Gasteiger partial charge in [-0.15, -0.1) is 0 Å². The molecule has 2 atom stereocenters. The fraction of sp³-hybridized carbons (Fsp3) is 0.400. The van der Waals surface area contributed by atoms with Crippen LogP contribution in [0.1, 0.15) is 18.9 Å². The van der Waals surface area contributed by atoms with Gasteiger partial charge in [-0.1, -0.05) is 0 Å². The third-order valence-electron chi connectivity index (χ3n) is 6.25. The summed E-state index contributed by atoms with van der Waals surface area (Å²) >= 11 is 0. The molecule has 0 aliphatic carbocycles. The fourth-order valence-corrected chi connectivity index (χ4v) is 4.37. The number of nitrogens with zero attached hydrogens (tertiary/aromatic N) is 5. The van der Waals surface area contributed by atoms with Crippen molar-refractivity contribution >= 4 is 22.4 Å². The summed E-state index contributed by atoms with van der Waals surface area (Å²) in [6.07, 6.45) is 1.77. The van der Waals surface area contributed by atoms with Crippen LogP contribution in [-0.4, -0.2) is 72.0 Å². The van der Waals surface area contributed by atoms with E-state index in [1.165, 1.54) is 6.33 Å². The molecule has 3 aromatic rings. The van der Waals surface area contributed by atoms with Gasteiger partial charge in [0, 0.05) is 43.3 Å². The van der Waals surface area contributed by atoms with E-state index in [1.54, 1.807) is 13.2 Å². The Morgan fingerprint density at radius 3 is 2.71 bits per heavy atom. The van der Waals surface area contributed by atoms with Gasteiger partial charge in [0.15, 0.2) is 11.5 Å². The monoisotopic (exact) mass is 462 g/mol. The molecular formula is C25H30N6O3. The van der Waals surface area contributed by atoms with Crippen molar-refractivity contribution in [3.05, 3.63) is 48.3 Å². The van der Waals surface area contributed by atoms with E-state index < -0.39 is 6.10 Å². The van der Waals surface area contributed by atoms with Crippen LogP contribution >= 0.6 is 0 Å². The molecule has 1 saturated heterocycles. The number of methoxy groups -OCH3 is 1. The molecule has 2 aromatic carbocycles. The lowest BCUT2D eigenvalue weighted by atomic mass is 10.1. The topological polar surface area (TPSA) is 121 Å². The molecule has 0 bridgehead atoms. The molecule has 0 radical (unpaired) electrons. The molecular weight excluding hydrogens is 432 g/mol. The number of aliphatic hydroxyl groups is 1. The van der Waals surface area contributed by atoms with Crippen LogP contribution in [0.5, 0.6) is 11.5 Å². The molecule has 34 heavy (non-hydrogen) atoms. The summed E-state index contributed by atoms with van der Waals surface area (Å²) in [5.41, 5.74) is 8.36. The van der Waals surface area contributed by atoms with Gasteiger partial charge >= 0.3 is 0 Å². The normalized spacial score (nSPS) is 17.4. The minimum atomic E-state index is -0.465. The number of fused-ring (bicyclic) bond motifs is 1. The summed E-state index contributed by atoms with van der Waals surface area (Å²) in [6, 6.07) is 13.4. The Hall–Kier alpha value is -3.61. The van der Waals surface area contributed by atoms with E-state index in [0.29, 0.717) is 35.0 Å². The van der Waals surface area contributed by atoms with Gasteiger partial charge in [-0.2, -0.15) is 5.26 Å². The highest BCUT2D eigenvalue weighted by atomic mass is 16.5. The second-order valence-electron chi connectivity index (χ2n) is 8.43. The van der Waals surface area contributed by atoms with Crippen molar-refractivity contribution in [2.45, 2.75) is 25.5 Å². The molecule has 1 aromatic heterocycles. The number of aliphatic hydroxyl groups excluding tert-OH is 1. The van der Waals surface area contributed by atoms with E-state index in [4.69, 9.17) is 20.5 Å². The first kappa shape index (κ1) is 23.5. The zero-order chi connectivity index (χ0) is 24.1. The van der Waals surface area contributed by atoms with Crippen LogP contribution in [0, 0.1) is 11.3 Å². The molecule has 0 spiro atoms. The first-order valence-electron chi connectivity index (χ1n) is 11.4. The van der Waals surface area contributed by atoms with Crippen molar-refractivity contribution in [1.82, 2.24) is 14.9 Å². The van der Waals surface area contributed by atoms with Crippen molar-refractivity contribution in [2.24, 2.45) is 0 Å². The number of benzene rings is 2. The summed E-state index contributed by atoms with van der Waals surface area (Å²) in [5, 5.41) is 20.2. The van der Waals surface area contributed by atoms with E-state index in [1.807, 2.05) is 37.3 Å². The maximum absolute atomic E-state index is 10.4. The Kier molecular flexibility index (Phi) is 7.30. The minimum Gasteiger partial charge on any atom is -0.493 e. The molecule has 2 heterocycles. The largest absolute Gasteiger partial charge is 0.493 e. The van der Waals surface area contributed by atoms with Gasteiger partial charge in [0.05, 0.1) is 43.0 Å². The quantitative estimate of drug-likeness (QED) is 0.486. The van der Waals surface area contributed by atoms with E-state index >= 15 is 0 Å². The van der Waals surface area contributed by atoms with Crippen LogP contribution in [0.2, 0.25) is 0 Å². The minimum absolute atomic E-state index is 0.0132. The summed E-state index contributed by atoms with van der Waals surface area (Å²) in [5.74, 6) is 1.61. The molecule has 0 amide bonds. The number of aromatic nitrogens is 2. The predicted octanol–water partition coefficient (Wildman–Crippen LogP) is 2.43. The maximum Gasteiger partial charge on any atom is 0.163 e. The maximum atomic E-state index is 10.4. The Morgan fingerprint density at radius 1 is 1.21 bits per heavy atom. The zero-order valence-corrected chi connectivity index (χ0v) is 19.5. The van der Waals surface area contributed by atoms with E-state index in [-0.39, 0.29) is 6.04 Å². The van der Waals surface area contributed by atoms with Crippen molar-refractivity contribution in [2.75, 3.05) is 50.5 Å². The molecule has 9 heteroatoms. The van der Waals surface area contributed by atoms with Gasteiger partial charge in [0.1, 0.15) is 12.1 Å². The van der Waals surface area contributed by atoms with Gasteiger partial charge in [0.25, 0.3) is 0 Å². The lowest BCUT2D eigenvalue weighted by molar-refractivity contribution is 0.0499. The molecule has 1 fully saturated rings. The molecule has 3 N–H and O–H groups in total. The van der Waals surface area contributed by atoms with Crippen molar-refractivity contribution < 1.29 is 14.6 Å². The molecule has 178 valence electrons. The first-order chi connectivity index (χ1) is 16.5. The number of anilines is 2.